The summed E-state index contributed by atoms with van der Waals surface area (Å²) in [7, 11) is 0. The number of nitrogens with zero attached hydrogens (tertiary/aromatic N) is 1. The molecule has 154 valence electrons. The van der Waals surface area contributed by atoms with E-state index in [4.69, 9.17) is 4.74 Å². The van der Waals surface area contributed by atoms with Gasteiger partial charge in [-0.2, -0.15) is 0 Å². The molecular weight excluding hydrogens is 400 g/mol. The van der Waals surface area contributed by atoms with Crippen LogP contribution >= 0.6 is 11.3 Å². The highest BCUT2D eigenvalue weighted by Crippen LogP contribution is 2.36. The molecule has 1 aliphatic rings. The first-order valence-electron chi connectivity index (χ1n) is 9.64. The second kappa shape index (κ2) is 8.79. The van der Waals surface area contributed by atoms with E-state index in [-0.39, 0.29) is 13.2 Å². The Balaban J connectivity index is 1.53. The summed E-state index contributed by atoms with van der Waals surface area (Å²) in [6.45, 7) is 0.266. The molecule has 0 aliphatic carbocycles. The van der Waals surface area contributed by atoms with Crippen LogP contribution in [0.2, 0.25) is 0 Å². The zero-order valence-electron chi connectivity index (χ0n) is 16.2. The molecule has 1 atom stereocenters. The van der Waals surface area contributed by atoms with Gasteiger partial charge in [0.1, 0.15) is 0 Å². The van der Waals surface area contributed by atoms with Crippen LogP contribution in [0.4, 0.5) is 4.79 Å². The van der Waals surface area contributed by atoms with Crippen LogP contribution in [0.5, 0.6) is 0 Å². The van der Waals surface area contributed by atoms with Crippen molar-refractivity contribution in [3.8, 4) is 0 Å². The number of aliphatic hydroxyl groups is 1. The lowest BCUT2D eigenvalue weighted by molar-refractivity contribution is -0.131. The summed E-state index contributed by atoms with van der Waals surface area (Å²) < 4.78 is 5.53. The Kier molecular flexibility index (Phi) is 5.94. The molecule has 4 rings (SSSR count). The number of thiophene rings is 1. The second-order valence-electron chi connectivity index (χ2n) is 7.08. The van der Waals surface area contributed by atoms with Gasteiger partial charge in [-0.15, -0.1) is 11.3 Å². The maximum atomic E-state index is 13.5. The maximum absolute atomic E-state index is 13.5. The van der Waals surface area contributed by atoms with E-state index in [0.29, 0.717) is 17.7 Å². The summed E-state index contributed by atoms with van der Waals surface area (Å²) in [4.78, 5) is 28.4. The van der Waals surface area contributed by atoms with Crippen LogP contribution in [-0.4, -0.2) is 41.2 Å². The summed E-state index contributed by atoms with van der Waals surface area (Å²) in [5.74, 6) is -0.415. The summed E-state index contributed by atoms with van der Waals surface area (Å²) in [6.07, 6.45) is -0.984. The summed E-state index contributed by atoms with van der Waals surface area (Å²) >= 11 is 1.57. The standard InChI is InChI=1S/C23H22N2O4S/c26-19(15-29-16-20-12-7-13-30-20)14-25-21(27)23(24-22(25)28,17-8-3-1-4-9-17)18-10-5-2-6-11-18/h1-13,19,26H,14-16H2,(H,24,28)/t19-/m1/s1. The topological polar surface area (TPSA) is 78.9 Å². The molecule has 1 fully saturated rings. The van der Waals surface area contributed by atoms with Gasteiger partial charge in [-0.1, -0.05) is 66.7 Å². The number of hydrogen-bond donors (Lipinski definition) is 2. The summed E-state index contributed by atoms with van der Waals surface area (Å²) in [5.41, 5.74) is 0.0120. The molecule has 1 aliphatic heterocycles. The number of nitrogens with one attached hydrogen (secondary N) is 1. The number of benzene rings is 2. The molecule has 30 heavy (non-hydrogen) atoms. The number of hydrogen-bond acceptors (Lipinski definition) is 5. The Bertz CT molecular complexity index is 953. The van der Waals surface area contributed by atoms with E-state index in [1.54, 1.807) is 11.3 Å². The van der Waals surface area contributed by atoms with Gasteiger partial charge in [0.05, 0.1) is 25.9 Å². The third-order valence-electron chi connectivity index (χ3n) is 5.05. The Hall–Kier alpha value is -3.00. The van der Waals surface area contributed by atoms with Crippen LogP contribution < -0.4 is 5.32 Å². The minimum Gasteiger partial charge on any atom is -0.389 e. The van der Waals surface area contributed by atoms with Gasteiger partial charge < -0.3 is 15.2 Å². The molecule has 0 saturated carbocycles. The molecule has 7 heteroatoms. The second-order valence-corrected chi connectivity index (χ2v) is 8.11. The van der Waals surface area contributed by atoms with Crippen molar-refractivity contribution in [3.05, 3.63) is 94.2 Å². The van der Waals surface area contributed by atoms with Crippen molar-refractivity contribution < 1.29 is 19.4 Å². The van der Waals surface area contributed by atoms with Gasteiger partial charge >= 0.3 is 6.03 Å². The molecule has 1 saturated heterocycles. The van der Waals surface area contributed by atoms with Gasteiger partial charge in [-0.3, -0.25) is 9.69 Å². The normalized spacial score (nSPS) is 16.5. The van der Waals surface area contributed by atoms with E-state index >= 15 is 0 Å². The molecule has 6 nitrogen and oxygen atoms in total. The fourth-order valence-corrected chi connectivity index (χ4v) is 4.27. The van der Waals surface area contributed by atoms with Gasteiger partial charge in [0.15, 0.2) is 5.54 Å². The van der Waals surface area contributed by atoms with Crippen molar-refractivity contribution in [3.63, 3.8) is 0 Å². The molecule has 0 bridgehead atoms. The molecule has 0 spiro atoms. The number of imide groups is 1. The summed E-state index contributed by atoms with van der Waals surface area (Å²) in [6, 6.07) is 21.6. The molecule has 3 amide bonds. The van der Waals surface area contributed by atoms with E-state index in [9.17, 15) is 14.7 Å². The van der Waals surface area contributed by atoms with E-state index in [1.165, 1.54) is 0 Å². The lowest BCUT2D eigenvalue weighted by Crippen LogP contribution is -2.45. The molecule has 0 radical (unpaired) electrons. The lowest BCUT2D eigenvalue weighted by Gasteiger charge is -2.28. The number of rotatable bonds is 8. The molecule has 2 heterocycles. The minimum atomic E-state index is -1.32. The first-order chi connectivity index (χ1) is 14.6. The molecule has 2 N–H and O–H groups in total. The number of urea groups is 1. The highest BCUT2D eigenvalue weighted by molar-refractivity contribution is 7.09. The molecule has 1 aromatic heterocycles. The largest absolute Gasteiger partial charge is 0.389 e. The van der Waals surface area contributed by atoms with Crippen molar-refractivity contribution >= 4 is 23.3 Å². The highest BCUT2D eigenvalue weighted by Gasteiger charge is 2.53. The van der Waals surface area contributed by atoms with Crippen molar-refractivity contribution in [2.75, 3.05) is 13.2 Å². The molecular formula is C23H22N2O4S. The van der Waals surface area contributed by atoms with Crippen LogP contribution in [0.1, 0.15) is 16.0 Å². The Morgan fingerprint density at radius 2 is 1.60 bits per heavy atom. The van der Waals surface area contributed by atoms with Gasteiger partial charge in [-0.05, 0) is 22.6 Å². The predicted molar refractivity (Wildman–Crippen MR) is 114 cm³/mol. The number of amides is 3. The first-order valence-corrected chi connectivity index (χ1v) is 10.5. The number of aliphatic hydroxyl groups excluding tert-OH is 1. The average molecular weight is 423 g/mol. The quantitative estimate of drug-likeness (QED) is 0.547. The van der Waals surface area contributed by atoms with Crippen LogP contribution in [-0.2, 0) is 21.7 Å². The average Bonchev–Trinajstić information content (AvgIpc) is 3.38. The number of ether oxygens (including phenoxy) is 1. The minimum absolute atomic E-state index is 0.0264. The van der Waals surface area contributed by atoms with Gasteiger partial charge in [0.25, 0.3) is 5.91 Å². The van der Waals surface area contributed by atoms with E-state index in [1.807, 2.05) is 78.2 Å². The zero-order valence-corrected chi connectivity index (χ0v) is 17.0. The molecule has 0 unspecified atom stereocenters. The summed E-state index contributed by atoms with van der Waals surface area (Å²) in [5, 5.41) is 15.2. The van der Waals surface area contributed by atoms with Gasteiger partial charge in [0, 0.05) is 4.88 Å². The van der Waals surface area contributed by atoms with E-state index in [0.717, 1.165) is 9.78 Å². The first kappa shape index (κ1) is 20.3. The van der Waals surface area contributed by atoms with Gasteiger partial charge in [-0.25, -0.2) is 4.79 Å². The number of carbonyl (C=O) groups excluding carboxylic acids is 2. The fourth-order valence-electron chi connectivity index (χ4n) is 3.63. The molecule has 3 aromatic rings. The van der Waals surface area contributed by atoms with Crippen LogP contribution in [0.25, 0.3) is 0 Å². The zero-order chi connectivity index (χ0) is 21.0. The van der Waals surface area contributed by atoms with Crippen LogP contribution in [0.15, 0.2) is 78.2 Å². The number of β-amino-alcohol motifs (C(OH)–C–C–N with tert-alkyl or cyclic N) is 1. The van der Waals surface area contributed by atoms with Crippen molar-refractivity contribution in [1.29, 1.82) is 0 Å². The van der Waals surface area contributed by atoms with Crippen LogP contribution in [0.3, 0.4) is 0 Å². The Morgan fingerprint density at radius 3 is 2.17 bits per heavy atom. The lowest BCUT2D eigenvalue weighted by atomic mass is 9.82. The third kappa shape index (κ3) is 3.87. The van der Waals surface area contributed by atoms with Crippen molar-refractivity contribution in [2.45, 2.75) is 18.2 Å². The van der Waals surface area contributed by atoms with Crippen LogP contribution in [0, 0.1) is 0 Å². The van der Waals surface area contributed by atoms with E-state index in [2.05, 4.69) is 5.32 Å². The monoisotopic (exact) mass is 422 g/mol. The maximum Gasteiger partial charge on any atom is 0.325 e. The Morgan fingerprint density at radius 1 is 0.967 bits per heavy atom. The van der Waals surface area contributed by atoms with E-state index < -0.39 is 23.6 Å². The SMILES string of the molecule is O=C1NC(c2ccccc2)(c2ccccc2)C(=O)N1C[C@@H](O)COCc1cccs1. The molecule has 2 aromatic carbocycles. The van der Waals surface area contributed by atoms with Crippen molar-refractivity contribution in [2.24, 2.45) is 0 Å². The number of carbonyl (C=O) groups is 2. The van der Waals surface area contributed by atoms with Gasteiger partial charge in [0.2, 0.25) is 0 Å². The fraction of sp³-hybridized carbons (Fsp3) is 0.217. The third-order valence-corrected chi connectivity index (χ3v) is 5.90. The Labute approximate surface area is 178 Å². The smallest absolute Gasteiger partial charge is 0.325 e. The highest BCUT2D eigenvalue weighted by atomic mass is 32.1. The van der Waals surface area contributed by atoms with Crippen molar-refractivity contribution in [1.82, 2.24) is 10.2 Å². The predicted octanol–water partition coefficient (Wildman–Crippen LogP) is 3.12.